The van der Waals surface area contributed by atoms with E-state index in [4.69, 9.17) is 9.15 Å². The van der Waals surface area contributed by atoms with Crippen molar-refractivity contribution < 1.29 is 23.1 Å². The Balaban J connectivity index is 1.56. The summed E-state index contributed by atoms with van der Waals surface area (Å²) in [6.45, 7) is 1.84. The first-order valence-electron chi connectivity index (χ1n) is 11.1. The molecule has 7 heteroatoms. The standard InChI is InChI=1S/C28H25FN2O4/c1-18-5-8-21(17-24(18)30-28(33)26-4-3-15-35-26)27(32)31-25(16-19-6-11-22(29)12-7-19)20-9-13-23(34-2)14-10-20/h3-15,17,25H,16H2,1-2H3,(H,30,33)(H,31,32). The Labute approximate surface area is 202 Å². The smallest absolute Gasteiger partial charge is 0.291 e. The number of amides is 2. The molecule has 2 amide bonds. The average Bonchev–Trinajstić information content (AvgIpc) is 3.41. The van der Waals surface area contributed by atoms with Crippen molar-refractivity contribution in [3.8, 4) is 5.75 Å². The summed E-state index contributed by atoms with van der Waals surface area (Å²) >= 11 is 0. The van der Waals surface area contributed by atoms with Gasteiger partial charge in [-0.05, 0) is 78.6 Å². The lowest BCUT2D eigenvalue weighted by atomic mass is 9.98. The van der Waals surface area contributed by atoms with Crippen LogP contribution >= 0.6 is 0 Å². The highest BCUT2D eigenvalue weighted by atomic mass is 19.1. The van der Waals surface area contributed by atoms with Gasteiger partial charge in [-0.15, -0.1) is 0 Å². The number of carbonyl (C=O) groups excluding carboxylic acids is 2. The van der Waals surface area contributed by atoms with Crippen LogP contribution in [0.15, 0.2) is 89.5 Å². The first-order valence-corrected chi connectivity index (χ1v) is 11.1. The van der Waals surface area contributed by atoms with Crippen molar-refractivity contribution >= 4 is 17.5 Å². The van der Waals surface area contributed by atoms with Crippen molar-refractivity contribution in [3.05, 3.63) is 119 Å². The molecule has 4 rings (SSSR count). The number of carbonyl (C=O) groups is 2. The largest absolute Gasteiger partial charge is 0.497 e. The van der Waals surface area contributed by atoms with Gasteiger partial charge in [0.05, 0.1) is 19.4 Å². The van der Waals surface area contributed by atoms with Gasteiger partial charge in [-0.3, -0.25) is 9.59 Å². The summed E-state index contributed by atoms with van der Waals surface area (Å²) in [7, 11) is 1.59. The Hall–Kier alpha value is -4.39. The maximum atomic E-state index is 13.4. The van der Waals surface area contributed by atoms with E-state index in [9.17, 15) is 14.0 Å². The number of halogens is 1. The number of furan rings is 1. The fraction of sp³-hybridized carbons (Fsp3) is 0.143. The van der Waals surface area contributed by atoms with E-state index in [2.05, 4.69) is 10.6 Å². The quantitative estimate of drug-likeness (QED) is 0.345. The minimum atomic E-state index is -0.400. The van der Waals surface area contributed by atoms with E-state index < -0.39 is 5.91 Å². The molecule has 1 aromatic heterocycles. The van der Waals surface area contributed by atoms with Crippen molar-refractivity contribution in [2.75, 3.05) is 12.4 Å². The molecule has 0 aliphatic heterocycles. The number of nitrogens with one attached hydrogen (secondary N) is 2. The lowest BCUT2D eigenvalue weighted by Gasteiger charge is -2.20. The second-order valence-corrected chi connectivity index (χ2v) is 8.09. The van der Waals surface area contributed by atoms with E-state index in [0.29, 0.717) is 23.4 Å². The SMILES string of the molecule is COc1ccc(C(Cc2ccc(F)cc2)NC(=O)c2ccc(C)c(NC(=O)c3ccco3)c2)cc1. The van der Waals surface area contributed by atoms with Crippen molar-refractivity contribution in [1.29, 1.82) is 0 Å². The van der Waals surface area contributed by atoms with Gasteiger partial charge in [0.2, 0.25) is 0 Å². The molecule has 0 aliphatic carbocycles. The monoisotopic (exact) mass is 472 g/mol. The highest BCUT2D eigenvalue weighted by Gasteiger charge is 2.19. The van der Waals surface area contributed by atoms with Crippen LogP contribution in [-0.2, 0) is 6.42 Å². The van der Waals surface area contributed by atoms with E-state index in [1.807, 2.05) is 31.2 Å². The lowest BCUT2D eigenvalue weighted by molar-refractivity contribution is 0.0935. The van der Waals surface area contributed by atoms with Crippen LogP contribution < -0.4 is 15.4 Å². The topological polar surface area (TPSA) is 80.6 Å². The van der Waals surface area contributed by atoms with E-state index in [1.165, 1.54) is 18.4 Å². The zero-order valence-corrected chi connectivity index (χ0v) is 19.4. The summed E-state index contributed by atoms with van der Waals surface area (Å²) in [4.78, 5) is 25.7. The lowest BCUT2D eigenvalue weighted by Crippen LogP contribution is -2.30. The highest BCUT2D eigenvalue weighted by Crippen LogP contribution is 2.24. The molecule has 0 saturated heterocycles. The Bertz CT molecular complexity index is 1300. The van der Waals surface area contributed by atoms with E-state index in [1.54, 1.807) is 49.6 Å². The summed E-state index contributed by atoms with van der Waals surface area (Å²) in [5, 5.41) is 5.86. The van der Waals surface area contributed by atoms with Crippen LogP contribution in [0.2, 0.25) is 0 Å². The summed E-state index contributed by atoms with van der Waals surface area (Å²) in [5.41, 5.74) is 3.46. The molecular formula is C28H25FN2O4. The van der Waals surface area contributed by atoms with Gasteiger partial charge in [0, 0.05) is 11.3 Å². The molecule has 0 spiro atoms. The Morgan fingerprint density at radius 2 is 1.71 bits per heavy atom. The van der Waals surface area contributed by atoms with Crippen LogP contribution in [0, 0.1) is 12.7 Å². The van der Waals surface area contributed by atoms with E-state index in [0.717, 1.165) is 16.7 Å². The number of benzene rings is 3. The summed E-state index contributed by atoms with van der Waals surface area (Å²) in [6, 6.07) is 21.6. The van der Waals surface area contributed by atoms with Crippen LogP contribution in [0.4, 0.5) is 10.1 Å². The summed E-state index contributed by atoms with van der Waals surface area (Å²) in [5.74, 6) is -0.138. The maximum absolute atomic E-state index is 13.4. The summed E-state index contributed by atoms with van der Waals surface area (Å²) in [6.07, 6.45) is 1.89. The van der Waals surface area contributed by atoms with Crippen molar-refractivity contribution in [3.63, 3.8) is 0 Å². The second-order valence-electron chi connectivity index (χ2n) is 8.09. The number of hydrogen-bond acceptors (Lipinski definition) is 4. The first kappa shape index (κ1) is 23.8. The molecule has 0 aliphatic rings. The van der Waals surface area contributed by atoms with Gasteiger partial charge in [0.15, 0.2) is 5.76 Å². The third-order valence-corrected chi connectivity index (χ3v) is 5.67. The molecule has 0 radical (unpaired) electrons. The number of methoxy groups -OCH3 is 1. The van der Waals surface area contributed by atoms with Gasteiger partial charge >= 0.3 is 0 Å². The number of rotatable bonds is 8. The Kier molecular flexibility index (Phi) is 7.26. The van der Waals surface area contributed by atoms with Crippen LogP contribution in [0.25, 0.3) is 0 Å². The van der Waals surface area contributed by atoms with Gasteiger partial charge in [-0.1, -0.05) is 30.3 Å². The molecule has 3 aromatic carbocycles. The zero-order valence-electron chi connectivity index (χ0n) is 19.4. The molecule has 0 saturated carbocycles. The Morgan fingerprint density at radius 1 is 0.971 bits per heavy atom. The van der Waals surface area contributed by atoms with Crippen molar-refractivity contribution in [2.45, 2.75) is 19.4 Å². The maximum Gasteiger partial charge on any atom is 0.291 e. The molecule has 6 nitrogen and oxygen atoms in total. The highest BCUT2D eigenvalue weighted by molar-refractivity contribution is 6.04. The minimum Gasteiger partial charge on any atom is -0.497 e. The van der Waals surface area contributed by atoms with Gasteiger partial charge in [-0.25, -0.2) is 4.39 Å². The number of ether oxygens (including phenoxy) is 1. The molecule has 0 fully saturated rings. The first-order chi connectivity index (χ1) is 16.9. The molecule has 0 bridgehead atoms. The second kappa shape index (κ2) is 10.7. The fourth-order valence-corrected chi connectivity index (χ4v) is 3.68. The molecule has 178 valence electrons. The van der Waals surface area contributed by atoms with E-state index in [-0.39, 0.29) is 23.5 Å². The van der Waals surface area contributed by atoms with Crippen LogP contribution in [0.1, 0.15) is 43.6 Å². The molecule has 1 atom stereocenters. The number of hydrogen-bond donors (Lipinski definition) is 2. The van der Waals surface area contributed by atoms with Crippen LogP contribution in [0.3, 0.4) is 0 Å². The predicted octanol–water partition coefficient (Wildman–Crippen LogP) is 5.70. The molecule has 1 unspecified atom stereocenters. The average molecular weight is 473 g/mol. The molecule has 4 aromatic rings. The van der Waals surface area contributed by atoms with Gasteiger partial charge in [-0.2, -0.15) is 0 Å². The molecule has 2 N–H and O–H groups in total. The third kappa shape index (κ3) is 5.95. The normalized spacial score (nSPS) is 11.5. The number of aryl methyl sites for hydroxylation is 1. The molecular weight excluding hydrogens is 447 g/mol. The summed E-state index contributed by atoms with van der Waals surface area (Å²) < 4.78 is 23.8. The van der Waals surface area contributed by atoms with Crippen molar-refractivity contribution in [2.24, 2.45) is 0 Å². The van der Waals surface area contributed by atoms with Gasteiger partial charge in [0.25, 0.3) is 11.8 Å². The van der Waals surface area contributed by atoms with Crippen LogP contribution in [-0.4, -0.2) is 18.9 Å². The fourth-order valence-electron chi connectivity index (χ4n) is 3.68. The van der Waals surface area contributed by atoms with E-state index >= 15 is 0 Å². The van der Waals surface area contributed by atoms with Crippen molar-refractivity contribution in [1.82, 2.24) is 5.32 Å². The van der Waals surface area contributed by atoms with Gasteiger partial charge < -0.3 is 19.8 Å². The zero-order chi connectivity index (χ0) is 24.8. The Morgan fingerprint density at radius 3 is 2.37 bits per heavy atom. The minimum absolute atomic E-state index is 0.179. The van der Waals surface area contributed by atoms with Gasteiger partial charge in [0.1, 0.15) is 11.6 Å². The van der Waals surface area contributed by atoms with Crippen LogP contribution in [0.5, 0.6) is 5.75 Å². The third-order valence-electron chi connectivity index (χ3n) is 5.67. The molecule has 1 heterocycles. The predicted molar refractivity (Wildman–Crippen MR) is 131 cm³/mol. The number of anilines is 1. The molecule has 35 heavy (non-hydrogen) atoms.